The second-order valence-corrected chi connectivity index (χ2v) is 7.00. The molecule has 25 heavy (non-hydrogen) atoms. The van der Waals surface area contributed by atoms with E-state index >= 15 is 0 Å². The van der Waals surface area contributed by atoms with Gasteiger partial charge in [0.2, 0.25) is 5.91 Å². The summed E-state index contributed by atoms with van der Waals surface area (Å²) in [5, 5.41) is 10.8. The number of carbonyl (C=O) groups is 1. The number of hydrogen-bond donors (Lipinski definition) is 2. The van der Waals surface area contributed by atoms with Crippen LogP contribution in [0.2, 0.25) is 0 Å². The number of benzene rings is 1. The summed E-state index contributed by atoms with van der Waals surface area (Å²) >= 11 is 0. The number of nitrogens with one attached hydrogen (secondary N) is 2. The first-order valence-corrected chi connectivity index (χ1v) is 9.11. The molecule has 1 amide bonds. The summed E-state index contributed by atoms with van der Waals surface area (Å²) in [5.74, 6) is 0.664. The third kappa shape index (κ3) is 3.39. The van der Waals surface area contributed by atoms with Crippen LogP contribution in [0.25, 0.3) is 0 Å². The highest BCUT2D eigenvalue weighted by Crippen LogP contribution is 2.30. The maximum atomic E-state index is 12.4. The van der Waals surface area contributed by atoms with Crippen LogP contribution in [0.4, 0.5) is 11.5 Å². The molecular weight excluding hydrogens is 314 g/mol. The summed E-state index contributed by atoms with van der Waals surface area (Å²) in [5.41, 5.74) is 2.64. The molecule has 0 spiro atoms. The molecule has 1 fully saturated rings. The van der Waals surface area contributed by atoms with Crippen LogP contribution < -0.4 is 15.5 Å². The highest BCUT2D eigenvalue weighted by Gasteiger charge is 2.25. The fraction of sp³-hybridized carbons (Fsp3) is 0.474. The fourth-order valence-corrected chi connectivity index (χ4v) is 3.87. The quantitative estimate of drug-likeness (QED) is 0.877. The topological polar surface area (TPSA) is 62.2 Å². The molecule has 3 heterocycles. The second-order valence-electron chi connectivity index (χ2n) is 7.00. The molecule has 1 aromatic heterocycles. The van der Waals surface area contributed by atoms with Gasteiger partial charge in [-0.05, 0) is 37.9 Å². The Morgan fingerprint density at radius 1 is 1.40 bits per heavy atom. The molecule has 2 aliphatic heterocycles. The van der Waals surface area contributed by atoms with Crippen LogP contribution in [0.5, 0.6) is 0 Å². The standard InChI is InChI=1S/C19H25N5O/c1-14(23-10-7-15-4-2-3-5-17(15)23)12-19(25)21-18-8-11-24(22-18)16-6-9-20-13-16/h2-5,8,11,14,16,20H,6-7,9-10,12-13H2,1H3,(H,21,22,25). The van der Waals surface area contributed by atoms with Crippen LogP contribution in [0.3, 0.4) is 0 Å². The van der Waals surface area contributed by atoms with E-state index < -0.39 is 0 Å². The van der Waals surface area contributed by atoms with Crippen molar-refractivity contribution < 1.29 is 4.79 Å². The van der Waals surface area contributed by atoms with Gasteiger partial charge >= 0.3 is 0 Å². The minimum atomic E-state index is 0.0201. The van der Waals surface area contributed by atoms with Crippen LogP contribution in [0, 0.1) is 0 Å². The Bertz CT molecular complexity index is 750. The second kappa shape index (κ2) is 6.88. The normalized spacial score (nSPS) is 20.5. The maximum absolute atomic E-state index is 12.4. The van der Waals surface area contributed by atoms with Crippen molar-refractivity contribution in [3.05, 3.63) is 42.1 Å². The van der Waals surface area contributed by atoms with E-state index in [4.69, 9.17) is 0 Å². The van der Waals surface area contributed by atoms with Crippen LogP contribution in [0.1, 0.15) is 31.4 Å². The first kappa shape index (κ1) is 16.1. The largest absolute Gasteiger partial charge is 0.368 e. The molecule has 2 aromatic rings. The third-order valence-electron chi connectivity index (χ3n) is 5.22. The van der Waals surface area contributed by atoms with Crippen molar-refractivity contribution in [3.63, 3.8) is 0 Å². The molecule has 2 unspecified atom stereocenters. The molecule has 6 heteroatoms. The van der Waals surface area contributed by atoms with Crippen LogP contribution in [0.15, 0.2) is 36.5 Å². The van der Waals surface area contributed by atoms with Gasteiger partial charge in [0, 0.05) is 43.5 Å². The first-order valence-electron chi connectivity index (χ1n) is 9.11. The Kier molecular flexibility index (Phi) is 4.44. The van der Waals surface area contributed by atoms with E-state index in [1.165, 1.54) is 11.3 Å². The Labute approximate surface area is 148 Å². The van der Waals surface area contributed by atoms with Gasteiger partial charge in [-0.2, -0.15) is 5.10 Å². The van der Waals surface area contributed by atoms with Crippen LogP contribution in [-0.4, -0.2) is 41.4 Å². The summed E-state index contributed by atoms with van der Waals surface area (Å²) in [6, 6.07) is 10.9. The summed E-state index contributed by atoms with van der Waals surface area (Å²) in [4.78, 5) is 14.8. The molecule has 6 nitrogen and oxygen atoms in total. The lowest BCUT2D eigenvalue weighted by atomic mass is 10.1. The molecule has 132 valence electrons. The van der Waals surface area contributed by atoms with E-state index in [1.807, 2.05) is 16.9 Å². The van der Waals surface area contributed by atoms with Gasteiger partial charge in [-0.3, -0.25) is 9.48 Å². The zero-order chi connectivity index (χ0) is 17.2. The minimum Gasteiger partial charge on any atom is -0.368 e. The number of hydrogen-bond acceptors (Lipinski definition) is 4. The Hall–Kier alpha value is -2.34. The van der Waals surface area contributed by atoms with E-state index in [0.29, 0.717) is 18.3 Å². The number of para-hydroxylation sites is 1. The number of nitrogens with zero attached hydrogens (tertiary/aromatic N) is 3. The predicted molar refractivity (Wildman–Crippen MR) is 99.0 cm³/mol. The van der Waals surface area contributed by atoms with Gasteiger partial charge in [-0.25, -0.2) is 0 Å². The van der Waals surface area contributed by atoms with Crippen molar-refractivity contribution >= 4 is 17.4 Å². The molecule has 1 saturated heterocycles. The van der Waals surface area contributed by atoms with E-state index in [1.54, 1.807) is 0 Å². The molecular formula is C19H25N5O. The Morgan fingerprint density at radius 2 is 2.28 bits per heavy atom. The minimum absolute atomic E-state index is 0.0201. The van der Waals surface area contributed by atoms with Gasteiger partial charge in [0.25, 0.3) is 0 Å². The number of carbonyl (C=O) groups excluding carboxylic acids is 1. The smallest absolute Gasteiger partial charge is 0.227 e. The molecule has 0 aliphatic carbocycles. The monoisotopic (exact) mass is 339 g/mol. The average molecular weight is 339 g/mol. The lowest BCUT2D eigenvalue weighted by Crippen LogP contribution is -2.34. The van der Waals surface area contributed by atoms with Crippen LogP contribution >= 0.6 is 0 Å². The highest BCUT2D eigenvalue weighted by molar-refractivity contribution is 5.90. The van der Waals surface area contributed by atoms with Gasteiger partial charge in [-0.1, -0.05) is 18.2 Å². The third-order valence-corrected chi connectivity index (χ3v) is 5.22. The lowest BCUT2D eigenvalue weighted by molar-refractivity contribution is -0.116. The molecule has 0 saturated carbocycles. The summed E-state index contributed by atoms with van der Waals surface area (Å²) in [6.07, 6.45) is 4.56. The molecule has 1 aromatic carbocycles. The van der Waals surface area contributed by atoms with Gasteiger partial charge in [0.1, 0.15) is 0 Å². The average Bonchev–Trinajstić information content (AvgIpc) is 3.34. The fourth-order valence-electron chi connectivity index (χ4n) is 3.87. The van der Waals surface area contributed by atoms with Crippen molar-refractivity contribution in [2.24, 2.45) is 0 Å². The highest BCUT2D eigenvalue weighted by atomic mass is 16.1. The number of fused-ring (bicyclic) bond motifs is 1. The SMILES string of the molecule is CC(CC(=O)Nc1ccn(C2CCNC2)n1)N1CCc2ccccc21. The van der Waals surface area contributed by atoms with E-state index in [9.17, 15) is 4.79 Å². The molecule has 0 bridgehead atoms. The van der Waals surface area contributed by atoms with E-state index in [-0.39, 0.29) is 11.9 Å². The molecule has 4 rings (SSSR count). The van der Waals surface area contributed by atoms with Gasteiger partial charge in [0.05, 0.1) is 6.04 Å². The van der Waals surface area contributed by atoms with Crippen molar-refractivity contribution in [3.8, 4) is 0 Å². The summed E-state index contributed by atoms with van der Waals surface area (Å²) in [7, 11) is 0. The Balaban J connectivity index is 1.34. The van der Waals surface area contributed by atoms with Crippen molar-refractivity contribution in [1.29, 1.82) is 0 Å². The number of aromatic nitrogens is 2. The van der Waals surface area contributed by atoms with Crippen molar-refractivity contribution in [2.45, 2.75) is 38.3 Å². The van der Waals surface area contributed by atoms with Crippen molar-refractivity contribution in [2.75, 3.05) is 29.9 Å². The summed E-state index contributed by atoms with van der Waals surface area (Å²) < 4.78 is 1.95. The zero-order valence-corrected chi connectivity index (χ0v) is 14.6. The summed E-state index contributed by atoms with van der Waals surface area (Å²) in [6.45, 7) is 5.07. The van der Waals surface area contributed by atoms with Crippen LogP contribution in [-0.2, 0) is 11.2 Å². The first-order chi connectivity index (χ1) is 12.2. The Morgan fingerprint density at radius 3 is 3.12 bits per heavy atom. The molecule has 2 N–H and O–H groups in total. The molecule has 2 aliphatic rings. The zero-order valence-electron chi connectivity index (χ0n) is 14.6. The number of amides is 1. The number of anilines is 2. The van der Waals surface area contributed by atoms with Gasteiger partial charge in [0.15, 0.2) is 5.82 Å². The van der Waals surface area contributed by atoms with E-state index in [0.717, 1.165) is 32.5 Å². The maximum Gasteiger partial charge on any atom is 0.227 e. The van der Waals surface area contributed by atoms with Gasteiger partial charge < -0.3 is 15.5 Å². The molecule has 0 radical (unpaired) electrons. The predicted octanol–water partition coefficient (Wildman–Crippen LogP) is 2.20. The van der Waals surface area contributed by atoms with E-state index in [2.05, 4.69) is 51.8 Å². The number of rotatable bonds is 5. The van der Waals surface area contributed by atoms with Gasteiger partial charge in [-0.15, -0.1) is 0 Å². The lowest BCUT2D eigenvalue weighted by Gasteiger charge is -2.26. The van der Waals surface area contributed by atoms with Crippen molar-refractivity contribution in [1.82, 2.24) is 15.1 Å². The molecule has 2 atom stereocenters.